The van der Waals surface area contributed by atoms with Gasteiger partial charge >= 0.3 is 5.97 Å². The van der Waals surface area contributed by atoms with E-state index in [1.165, 1.54) is 12.1 Å². The van der Waals surface area contributed by atoms with E-state index < -0.39 is 12.0 Å². The third-order valence-corrected chi connectivity index (χ3v) is 7.36. The number of benzene rings is 1. The molecule has 0 unspecified atom stereocenters. The predicted octanol–water partition coefficient (Wildman–Crippen LogP) is 1.39. The molecular weight excluding hydrogens is 424 g/mol. The summed E-state index contributed by atoms with van der Waals surface area (Å²) < 4.78 is 5.48. The summed E-state index contributed by atoms with van der Waals surface area (Å²) in [4.78, 5) is 42.0. The molecule has 2 aliphatic heterocycles. The van der Waals surface area contributed by atoms with Gasteiger partial charge < -0.3 is 25.8 Å². The molecule has 180 valence electrons. The van der Waals surface area contributed by atoms with Crippen LogP contribution in [0.2, 0.25) is 0 Å². The van der Waals surface area contributed by atoms with Crippen molar-refractivity contribution in [2.75, 3.05) is 44.7 Å². The van der Waals surface area contributed by atoms with Gasteiger partial charge in [0.1, 0.15) is 6.04 Å². The highest BCUT2D eigenvalue weighted by Gasteiger charge is 2.44. The monoisotopic (exact) mass is 458 g/mol. The minimum absolute atomic E-state index is 0.0543. The second kappa shape index (κ2) is 10.6. The summed E-state index contributed by atoms with van der Waals surface area (Å²) in [6.07, 6.45) is 4.15. The van der Waals surface area contributed by atoms with E-state index in [0.717, 1.165) is 38.8 Å². The Morgan fingerprint density at radius 2 is 1.73 bits per heavy atom. The van der Waals surface area contributed by atoms with Gasteiger partial charge in [-0.1, -0.05) is 0 Å². The number of carbonyl (C=O) groups is 3. The molecule has 0 aromatic heterocycles. The maximum Gasteiger partial charge on any atom is 0.335 e. The van der Waals surface area contributed by atoms with Crippen LogP contribution in [-0.2, 0) is 14.3 Å². The lowest BCUT2D eigenvalue weighted by molar-refractivity contribution is -0.141. The van der Waals surface area contributed by atoms with Crippen molar-refractivity contribution in [2.45, 2.75) is 44.2 Å². The summed E-state index contributed by atoms with van der Waals surface area (Å²) in [5, 5.41) is 12.0. The first kappa shape index (κ1) is 23.7. The summed E-state index contributed by atoms with van der Waals surface area (Å²) in [6, 6.07) is 5.66. The first-order valence-electron chi connectivity index (χ1n) is 11.9. The fraction of sp³-hybridized carbons (Fsp3) is 0.625. The van der Waals surface area contributed by atoms with E-state index in [9.17, 15) is 14.4 Å². The first-order chi connectivity index (χ1) is 16.0. The Balaban J connectivity index is 1.47. The molecule has 1 aromatic carbocycles. The van der Waals surface area contributed by atoms with Crippen LogP contribution in [0, 0.1) is 11.8 Å². The molecular formula is C24H34N4O5. The fourth-order valence-corrected chi connectivity index (χ4v) is 5.31. The normalized spacial score (nSPS) is 28.5. The number of hydrogen-bond acceptors (Lipinski definition) is 6. The summed E-state index contributed by atoms with van der Waals surface area (Å²) >= 11 is 0. The van der Waals surface area contributed by atoms with Crippen LogP contribution in [0.3, 0.4) is 0 Å². The van der Waals surface area contributed by atoms with Gasteiger partial charge in [-0.3, -0.25) is 14.5 Å². The number of nitrogens with zero attached hydrogens (tertiary/aromatic N) is 2. The quantitative estimate of drug-likeness (QED) is 0.588. The molecule has 0 bridgehead atoms. The maximum absolute atomic E-state index is 13.5. The van der Waals surface area contributed by atoms with Crippen LogP contribution >= 0.6 is 0 Å². The molecule has 2 heterocycles. The molecule has 2 atom stereocenters. The molecule has 0 spiro atoms. The number of hydrogen-bond donors (Lipinski definition) is 3. The third kappa shape index (κ3) is 5.54. The Hall–Kier alpha value is -2.49. The number of likely N-dealkylation sites (tertiary alicyclic amines) is 1. The van der Waals surface area contributed by atoms with E-state index in [-0.39, 0.29) is 29.3 Å². The van der Waals surface area contributed by atoms with Crippen molar-refractivity contribution in [3.8, 4) is 0 Å². The van der Waals surface area contributed by atoms with Crippen LogP contribution in [0.15, 0.2) is 24.3 Å². The molecule has 0 radical (unpaired) electrons. The number of nitrogens with two attached hydrogens (primary N) is 1. The SMILES string of the molecule is NCC1CCC(C(=O)N2C[C@@H](N3CCOCC3)C[C@H]2C(=O)Nc2ccc(C(=O)O)cc2)CC1. The van der Waals surface area contributed by atoms with Crippen LogP contribution in [0.25, 0.3) is 0 Å². The number of carboxylic acids is 1. The molecule has 9 nitrogen and oxygen atoms in total. The predicted molar refractivity (Wildman–Crippen MR) is 123 cm³/mol. The number of aromatic carboxylic acids is 1. The average Bonchev–Trinajstić information content (AvgIpc) is 3.30. The van der Waals surface area contributed by atoms with Crippen molar-refractivity contribution < 1.29 is 24.2 Å². The van der Waals surface area contributed by atoms with Gasteiger partial charge in [-0.25, -0.2) is 4.79 Å². The smallest absolute Gasteiger partial charge is 0.335 e. The molecule has 3 fully saturated rings. The molecule has 9 heteroatoms. The summed E-state index contributed by atoms with van der Waals surface area (Å²) in [5.74, 6) is -0.735. The van der Waals surface area contributed by atoms with Gasteiger partial charge in [-0.2, -0.15) is 0 Å². The second-order valence-electron chi connectivity index (χ2n) is 9.37. The highest BCUT2D eigenvalue weighted by Crippen LogP contribution is 2.33. The van der Waals surface area contributed by atoms with Crippen LogP contribution in [0.1, 0.15) is 42.5 Å². The summed E-state index contributed by atoms with van der Waals surface area (Å²) in [7, 11) is 0. The topological polar surface area (TPSA) is 125 Å². The molecule has 2 amide bonds. The zero-order chi connectivity index (χ0) is 23.4. The summed E-state index contributed by atoms with van der Waals surface area (Å²) in [6.45, 7) is 4.15. The van der Waals surface area contributed by atoms with E-state index >= 15 is 0 Å². The van der Waals surface area contributed by atoms with Gasteiger partial charge in [0.05, 0.1) is 18.8 Å². The van der Waals surface area contributed by atoms with Gasteiger partial charge in [0.25, 0.3) is 0 Å². The molecule has 2 saturated heterocycles. The number of anilines is 1. The van der Waals surface area contributed by atoms with Crippen LogP contribution in [0.5, 0.6) is 0 Å². The molecule has 3 aliphatic rings. The zero-order valence-electron chi connectivity index (χ0n) is 18.9. The number of carboxylic acid groups (broad SMARTS) is 1. The lowest BCUT2D eigenvalue weighted by Crippen LogP contribution is -2.47. The Labute approximate surface area is 194 Å². The highest BCUT2D eigenvalue weighted by molar-refractivity contribution is 5.98. The Morgan fingerprint density at radius 3 is 2.33 bits per heavy atom. The third-order valence-electron chi connectivity index (χ3n) is 7.36. The van der Waals surface area contributed by atoms with E-state index in [4.69, 9.17) is 15.6 Å². The lowest BCUT2D eigenvalue weighted by Gasteiger charge is -2.33. The van der Waals surface area contributed by atoms with Gasteiger partial charge in [-0.05, 0) is 68.8 Å². The number of ether oxygens (including phenoxy) is 1. The molecule has 1 aliphatic carbocycles. The van der Waals surface area contributed by atoms with Crippen LogP contribution in [0.4, 0.5) is 5.69 Å². The van der Waals surface area contributed by atoms with Crippen LogP contribution < -0.4 is 11.1 Å². The standard InChI is InChI=1S/C24H34N4O5/c25-14-16-1-3-17(4-2-16)23(30)28-15-20(27-9-11-33-12-10-27)13-21(28)22(29)26-19-7-5-18(6-8-19)24(31)32/h5-8,16-17,20-21H,1-4,9-15,25H2,(H,26,29)(H,31,32)/t16?,17?,20-,21-/m0/s1. The largest absolute Gasteiger partial charge is 0.478 e. The van der Waals surface area contributed by atoms with E-state index in [1.807, 2.05) is 0 Å². The molecule has 4 N–H and O–H groups in total. The minimum Gasteiger partial charge on any atom is -0.478 e. The first-order valence-corrected chi connectivity index (χ1v) is 11.9. The number of carbonyl (C=O) groups excluding carboxylic acids is 2. The summed E-state index contributed by atoms with van der Waals surface area (Å²) in [5.41, 5.74) is 6.49. The van der Waals surface area contributed by atoms with Gasteiger partial charge in [-0.15, -0.1) is 0 Å². The molecule has 4 rings (SSSR count). The molecule has 1 saturated carbocycles. The minimum atomic E-state index is -1.02. The average molecular weight is 459 g/mol. The second-order valence-corrected chi connectivity index (χ2v) is 9.37. The van der Waals surface area contributed by atoms with E-state index in [1.54, 1.807) is 17.0 Å². The van der Waals surface area contributed by atoms with Gasteiger partial charge in [0.15, 0.2) is 0 Å². The van der Waals surface area contributed by atoms with Crippen molar-refractivity contribution in [1.29, 1.82) is 0 Å². The van der Waals surface area contributed by atoms with Crippen LogP contribution in [-0.4, -0.2) is 84.2 Å². The lowest BCUT2D eigenvalue weighted by atomic mass is 9.81. The van der Waals surface area contributed by atoms with Gasteiger partial charge in [0, 0.05) is 37.3 Å². The van der Waals surface area contributed by atoms with Crippen molar-refractivity contribution >= 4 is 23.5 Å². The van der Waals surface area contributed by atoms with E-state index in [0.29, 0.717) is 44.3 Å². The molecule has 33 heavy (non-hydrogen) atoms. The van der Waals surface area contributed by atoms with Crippen molar-refractivity contribution in [3.05, 3.63) is 29.8 Å². The number of rotatable bonds is 6. The Kier molecular flexibility index (Phi) is 7.62. The Morgan fingerprint density at radius 1 is 1.06 bits per heavy atom. The number of amides is 2. The number of morpholine rings is 1. The Bertz CT molecular complexity index is 847. The maximum atomic E-state index is 13.5. The van der Waals surface area contributed by atoms with Crippen molar-refractivity contribution in [1.82, 2.24) is 9.80 Å². The fourth-order valence-electron chi connectivity index (χ4n) is 5.31. The van der Waals surface area contributed by atoms with E-state index in [2.05, 4.69) is 10.2 Å². The van der Waals surface area contributed by atoms with Gasteiger partial charge in [0.2, 0.25) is 11.8 Å². The molecule has 1 aromatic rings. The van der Waals surface area contributed by atoms with Crippen molar-refractivity contribution in [3.63, 3.8) is 0 Å². The van der Waals surface area contributed by atoms with Crippen molar-refractivity contribution in [2.24, 2.45) is 17.6 Å². The number of nitrogens with one attached hydrogen (secondary N) is 1. The highest BCUT2D eigenvalue weighted by atomic mass is 16.5. The zero-order valence-corrected chi connectivity index (χ0v) is 18.9.